The molecule has 9 heteroatoms. The zero-order chi connectivity index (χ0) is 17.9. The summed E-state index contributed by atoms with van der Waals surface area (Å²) in [6.07, 6.45) is 0. The van der Waals surface area contributed by atoms with Crippen LogP contribution in [0.3, 0.4) is 0 Å². The van der Waals surface area contributed by atoms with E-state index in [2.05, 4.69) is 0 Å². The summed E-state index contributed by atoms with van der Waals surface area (Å²) in [5.41, 5.74) is 0. The highest BCUT2D eigenvalue weighted by atomic mass is 32.2. The van der Waals surface area contributed by atoms with Gasteiger partial charge in [0.1, 0.15) is 0 Å². The zero-order valence-electron chi connectivity index (χ0n) is 14.7. The molecular weight excluding hydrogens is 366 g/mol. The van der Waals surface area contributed by atoms with Crippen molar-refractivity contribution in [2.75, 3.05) is 54.5 Å². The summed E-state index contributed by atoms with van der Waals surface area (Å²) < 4.78 is 0. The lowest BCUT2D eigenvalue weighted by Gasteiger charge is -2.42. The van der Waals surface area contributed by atoms with Gasteiger partial charge in [0.2, 0.25) is 17.7 Å². The molecule has 0 unspecified atom stereocenters. The topological polar surface area (TPSA) is 60.9 Å². The fourth-order valence-electron chi connectivity index (χ4n) is 2.07. The molecule has 24 heavy (non-hydrogen) atoms. The maximum atomic E-state index is 12.3. The summed E-state index contributed by atoms with van der Waals surface area (Å²) in [5.74, 6) is 3.67. The molecule has 3 amide bonds. The van der Waals surface area contributed by atoms with E-state index in [0.717, 1.165) is 17.3 Å². The first-order chi connectivity index (χ1) is 11.5. The molecule has 1 rings (SSSR count). The van der Waals surface area contributed by atoms with E-state index in [-0.39, 0.29) is 37.7 Å². The number of carbonyl (C=O) groups excluding carboxylic acids is 3. The Balaban J connectivity index is 2.75. The van der Waals surface area contributed by atoms with Crippen LogP contribution in [0, 0.1) is 0 Å². The Morgan fingerprint density at radius 2 is 0.875 bits per heavy atom. The lowest BCUT2D eigenvalue weighted by Crippen LogP contribution is -2.60. The monoisotopic (exact) mass is 393 g/mol. The largest absolute Gasteiger partial charge is 0.306 e. The Kier molecular flexibility index (Phi) is 10.7. The van der Waals surface area contributed by atoms with Gasteiger partial charge in [-0.25, -0.2) is 0 Å². The van der Waals surface area contributed by atoms with Crippen molar-refractivity contribution in [1.29, 1.82) is 0 Å². The van der Waals surface area contributed by atoms with Crippen LogP contribution in [0.1, 0.15) is 20.8 Å². The smallest absolute Gasteiger partial charge is 0.235 e. The number of thioether (sulfide) groups is 3. The van der Waals surface area contributed by atoms with E-state index in [1.54, 1.807) is 50.0 Å². The van der Waals surface area contributed by atoms with Crippen molar-refractivity contribution in [2.45, 2.75) is 20.8 Å². The number of nitrogens with zero attached hydrogens (tertiary/aromatic N) is 3. The van der Waals surface area contributed by atoms with Crippen LogP contribution in [0.4, 0.5) is 0 Å². The minimum absolute atomic E-state index is 0.0246. The second kappa shape index (κ2) is 11.9. The molecule has 0 aromatic rings. The Morgan fingerprint density at radius 3 is 1.08 bits per heavy atom. The van der Waals surface area contributed by atoms with Crippen molar-refractivity contribution in [1.82, 2.24) is 14.7 Å². The molecule has 1 heterocycles. The maximum Gasteiger partial charge on any atom is 0.235 e. The van der Waals surface area contributed by atoms with E-state index in [4.69, 9.17) is 0 Å². The summed E-state index contributed by atoms with van der Waals surface area (Å²) in [7, 11) is 0. The third-order valence-electron chi connectivity index (χ3n) is 3.37. The first kappa shape index (κ1) is 21.5. The lowest BCUT2D eigenvalue weighted by atomic mass is 10.4. The second-order valence-corrected chi connectivity index (χ2v) is 8.96. The van der Waals surface area contributed by atoms with Gasteiger partial charge in [-0.3, -0.25) is 14.4 Å². The van der Waals surface area contributed by atoms with E-state index >= 15 is 0 Å². The summed E-state index contributed by atoms with van der Waals surface area (Å²) in [6, 6.07) is 0. The molecule has 0 aliphatic carbocycles. The van der Waals surface area contributed by atoms with Crippen molar-refractivity contribution in [3.05, 3.63) is 0 Å². The van der Waals surface area contributed by atoms with E-state index in [1.165, 1.54) is 0 Å². The molecule has 0 radical (unpaired) electrons. The van der Waals surface area contributed by atoms with E-state index in [0.29, 0.717) is 17.3 Å². The molecule has 0 spiro atoms. The molecule has 138 valence electrons. The average molecular weight is 394 g/mol. The Bertz CT molecular complexity index is 370. The van der Waals surface area contributed by atoms with E-state index < -0.39 is 0 Å². The van der Waals surface area contributed by atoms with Crippen molar-refractivity contribution in [3.63, 3.8) is 0 Å². The minimum atomic E-state index is -0.0246. The molecule has 1 saturated heterocycles. The van der Waals surface area contributed by atoms with Gasteiger partial charge >= 0.3 is 0 Å². The van der Waals surface area contributed by atoms with Gasteiger partial charge in [-0.15, -0.1) is 0 Å². The van der Waals surface area contributed by atoms with Gasteiger partial charge in [0.15, 0.2) is 0 Å². The highest BCUT2D eigenvalue weighted by Crippen LogP contribution is 2.14. The van der Waals surface area contributed by atoms with Gasteiger partial charge in [-0.2, -0.15) is 35.3 Å². The SMILES string of the molecule is CCSCC(=O)N1CN(C(=O)CSCC)CN(C(=O)CSCC)C1. The number of amides is 3. The molecule has 0 N–H and O–H groups in total. The zero-order valence-corrected chi connectivity index (χ0v) is 17.1. The molecule has 1 aliphatic heterocycles. The van der Waals surface area contributed by atoms with Gasteiger partial charge in [0.05, 0.1) is 37.3 Å². The standard InChI is InChI=1S/C15H27N3O3S3/c1-4-22-7-13(19)16-10-17(14(20)8-23-5-2)12-18(11-16)15(21)9-24-6-3/h4-12H2,1-3H3. The first-order valence-electron chi connectivity index (χ1n) is 8.09. The maximum absolute atomic E-state index is 12.3. The molecule has 0 aromatic heterocycles. The van der Waals surface area contributed by atoms with E-state index in [9.17, 15) is 14.4 Å². The third kappa shape index (κ3) is 7.14. The van der Waals surface area contributed by atoms with Gasteiger partial charge in [0.25, 0.3) is 0 Å². The van der Waals surface area contributed by atoms with Crippen LogP contribution >= 0.6 is 35.3 Å². The van der Waals surface area contributed by atoms with Crippen LogP contribution < -0.4 is 0 Å². The molecule has 0 bridgehead atoms. The predicted molar refractivity (Wildman–Crippen MR) is 104 cm³/mol. The van der Waals surface area contributed by atoms with E-state index in [1.807, 2.05) is 20.8 Å². The number of rotatable bonds is 9. The summed E-state index contributed by atoms with van der Waals surface area (Å²) in [4.78, 5) is 41.8. The number of hydrogen-bond donors (Lipinski definition) is 0. The summed E-state index contributed by atoms with van der Waals surface area (Å²) >= 11 is 4.65. The second-order valence-electron chi connectivity index (χ2n) is 5.14. The normalized spacial score (nSPS) is 14.9. The minimum Gasteiger partial charge on any atom is -0.306 e. The molecule has 6 nitrogen and oxygen atoms in total. The van der Waals surface area contributed by atoms with Gasteiger partial charge in [0, 0.05) is 0 Å². The van der Waals surface area contributed by atoms with Crippen LogP contribution in [0.5, 0.6) is 0 Å². The highest BCUT2D eigenvalue weighted by molar-refractivity contribution is 8.00. The molecule has 1 aliphatic rings. The van der Waals surface area contributed by atoms with Crippen molar-refractivity contribution < 1.29 is 14.4 Å². The van der Waals surface area contributed by atoms with Gasteiger partial charge < -0.3 is 14.7 Å². The lowest BCUT2D eigenvalue weighted by molar-refractivity contribution is -0.155. The van der Waals surface area contributed by atoms with Crippen LogP contribution in [0.15, 0.2) is 0 Å². The Labute approximate surface area is 157 Å². The fraction of sp³-hybridized carbons (Fsp3) is 0.800. The van der Waals surface area contributed by atoms with Crippen LogP contribution in [0.25, 0.3) is 0 Å². The Hall–Kier alpha value is -0.540. The molecule has 1 fully saturated rings. The molecule has 0 aromatic carbocycles. The highest BCUT2D eigenvalue weighted by Gasteiger charge is 2.31. The van der Waals surface area contributed by atoms with Crippen LogP contribution in [-0.4, -0.2) is 86.9 Å². The fourth-order valence-corrected chi connectivity index (χ4v) is 3.75. The van der Waals surface area contributed by atoms with Crippen LogP contribution in [0.2, 0.25) is 0 Å². The first-order valence-corrected chi connectivity index (χ1v) is 11.6. The average Bonchev–Trinajstić information content (AvgIpc) is 2.61. The van der Waals surface area contributed by atoms with Gasteiger partial charge in [-0.05, 0) is 17.3 Å². The number of carbonyl (C=O) groups is 3. The van der Waals surface area contributed by atoms with Crippen LogP contribution in [-0.2, 0) is 14.4 Å². The molecule has 0 atom stereocenters. The predicted octanol–water partition coefficient (Wildman–Crippen LogP) is 1.62. The summed E-state index contributed by atoms with van der Waals surface area (Å²) in [5, 5.41) is 0. The van der Waals surface area contributed by atoms with Crippen molar-refractivity contribution in [3.8, 4) is 0 Å². The van der Waals surface area contributed by atoms with Gasteiger partial charge in [-0.1, -0.05) is 20.8 Å². The summed E-state index contributed by atoms with van der Waals surface area (Å²) in [6.45, 7) is 6.84. The number of hydrogen-bond acceptors (Lipinski definition) is 6. The van der Waals surface area contributed by atoms with Crippen molar-refractivity contribution in [2.24, 2.45) is 0 Å². The third-order valence-corrected chi connectivity index (χ3v) is 5.95. The molecule has 0 saturated carbocycles. The quantitative estimate of drug-likeness (QED) is 0.593. The Morgan fingerprint density at radius 1 is 0.625 bits per heavy atom. The molecular formula is C15H27N3O3S3. The van der Waals surface area contributed by atoms with Crippen molar-refractivity contribution >= 4 is 53.0 Å².